The van der Waals surface area contributed by atoms with Crippen molar-refractivity contribution < 1.29 is 13.2 Å². The third-order valence-corrected chi connectivity index (χ3v) is 4.95. The fourth-order valence-corrected chi connectivity index (χ4v) is 3.16. The van der Waals surface area contributed by atoms with Gasteiger partial charge in [0, 0.05) is 22.4 Å². The van der Waals surface area contributed by atoms with Crippen molar-refractivity contribution >= 4 is 37.9 Å². The number of aryl methyl sites for hydroxylation is 2. The van der Waals surface area contributed by atoms with E-state index in [1.165, 1.54) is 29.5 Å². The van der Waals surface area contributed by atoms with E-state index >= 15 is 0 Å². The van der Waals surface area contributed by atoms with Crippen molar-refractivity contribution in [2.24, 2.45) is 0 Å². The minimum Gasteiger partial charge on any atom is -0.399 e. The molecule has 0 aliphatic carbocycles. The Balaban J connectivity index is 2.33. The number of anilines is 2. The molecule has 1 heterocycles. The van der Waals surface area contributed by atoms with Gasteiger partial charge >= 0.3 is 0 Å². The normalized spacial score (nSPS) is 11.4. The zero-order valence-corrected chi connectivity index (χ0v) is 13.4. The number of nitrogens with zero attached hydrogens (tertiary/aromatic N) is 1. The Hall–Kier alpha value is -1.93. The number of rotatable bonds is 3. The van der Waals surface area contributed by atoms with Gasteiger partial charge in [-0.25, -0.2) is 13.4 Å². The van der Waals surface area contributed by atoms with Crippen LogP contribution in [0.3, 0.4) is 0 Å². The second-order valence-corrected chi connectivity index (χ2v) is 7.90. The Morgan fingerprint density at radius 3 is 2.48 bits per heavy atom. The number of thiazole rings is 1. The van der Waals surface area contributed by atoms with Gasteiger partial charge in [-0.3, -0.25) is 10.1 Å². The maximum Gasteiger partial charge on any atom is 0.257 e. The first kappa shape index (κ1) is 15.5. The number of hydrogen-bond donors (Lipinski definition) is 2. The SMILES string of the molecule is Cc1nc(NC(=O)c2cc(N)cc(S(C)(=O)=O)c2)sc1C. The van der Waals surface area contributed by atoms with Gasteiger partial charge in [0.2, 0.25) is 0 Å². The molecule has 8 heteroatoms. The molecule has 0 aliphatic rings. The first-order valence-corrected chi connectivity index (χ1v) is 8.73. The van der Waals surface area contributed by atoms with Crippen LogP contribution in [0.25, 0.3) is 0 Å². The van der Waals surface area contributed by atoms with Crippen molar-refractivity contribution in [1.29, 1.82) is 0 Å². The van der Waals surface area contributed by atoms with Crippen LogP contribution in [0.4, 0.5) is 10.8 Å². The molecule has 0 saturated heterocycles. The van der Waals surface area contributed by atoms with Gasteiger partial charge < -0.3 is 5.73 Å². The van der Waals surface area contributed by atoms with Crippen LogP contribution in [-0.2, 0) is 9.84 Å². The number of amides is 1. The predicted molar refractivity (Wildman–Crippen MR) is 83.5 cm³/mol. The highest BCUT2D eigenvalue weighted by atomic mass is 32.2. The highest BCUT2D eigenvalue weighted by Crippen LogP contribution is 2.23. The number of hydrogen-bond acceptors (Lipinski definition) is 6. The molecule has 0 radical (unpaired) electrons. The molecule has 112 valence electrons. The summed E-state index contributed by atoms with van der Waals surface area (Å²) in [6.07, 6.45) is 1.07. The van der Waals surface area contributed by atoms with E-state index in [9.17, 15) is 13.2 Å². The molecule has 0 bridgehead atoms. The Kier molecular flexibility index (Phi) is 4.02. The monoisotopic (exact) mass is 325 g/mol. The predicted octanol–water partition coefficient (Wildman–Crippen LogP) is 2.00. The van der Waals surface area contributed by atoms with Crippen molar-refractivity contribution in [1.82, 2.24) is 4.98 Å². The van der Waals surface area contributed by atoms with Gasteiger partial charge in [-0.1, -0.05) is 0 Å². The molecule has 0 saturated carbocycles. The zero-order chi connectivity index (χ0) is 15.8. The molecular formula is C13H15N3O3S2. The highest BCUT2D eigenvalue weighted by Gasteiger charge is 2.15. The van der Waals surface area contributed by atoms with Crippen molar-refractivity contribution in [2.45, 2.75) is 18.7 Å². The molecule has 1 aromatic carbocycles. The van der Waals surface area contributed by atoms with Gasteiger partial charge in [0.25, 0.3) is 5.91 Å². The van der Waals surface area contributed by atoms with E-state index in [4.69, 9.17) is 5.73 Å². The van der Waals surface area contributed by atoms with Gasteiger partial charge in [-0.2, -0.15) is 0 Å². The summed E-state index contributed by atoms with van der Waals surface area (Å²) in [4.78, 5) is 17.4. The van der Waals surface area contributed by atoms with Crippen molar-refractivity contribution in [3.8, 4) is 0 Å². The lowest BCUT2D eigenvalue weighted by molar-refractivity contribution is 0.102. The summed E-state index contributed by atoms with van der Waals surface area (Å²) in [6, 6.07) is 4.05. The second-order valence-electron chi connectivity index (χ2n) is 4.68. The Morgan fingerprint density at radius 1 is 1.29 bits per heavy atom. The smallest absolute Gasteiger partial charge is 0.257 e. The van der Waals surface area contributed by atoms with E-state index in [0.29, 0.717) is 5.13 Å². The summed E-state index contributed by atoms with van der Waals surface area (Å²) in [5.74, 6) is -0.444. The summed E-state index contributed by atoms with van der Waals surface area (Å²) in [6.45, 7) is 3.76. The van der Waals surface area contributed by atoms with Gasteiger partial charge in [-0.05, 0) is 32.0 Å². The van der Waals surface area contributed by atoms with Gasteiger partial charge in [0.05, 0.1) is 10.6 Å². The van der Waals surface area contributed by atoms with Crippen LogP contribution in [0.1, 0.15) is 20.9 Å². The molecule has 0 spiro atoms. The number of nitrogen functional groups attached to an aromatic ring is 1. The standard InChI is InChI=1S/C13H15N3O3S2/c1-7-8(2)20-13(15-7)16-12(17)9-4-10(14)6-11(5-9)21(3,18)19/h4-6H,14H2,1-3H3,(H,15,16,17). The molecule has 2 rings (SSSR count). The molecule has 0 atom stereocenters. The van der Waals surface area contributed by atoms with Crippen molar-refractivity contribution in [2.75, 3.05) is 17.3 Å². The lowest BCUT2D eigenvalue weighted by Crippen LogP contribution is -2.13. The van der Waals surface area contributed by atoms with Crippen LogP contribution in [0.2, 0.25) is 0 Å². The maximum absolute atomic E-state index is 12.2. The molecular weight excluding hydrogens is 310 g/mol. The molecule has 0 unspecified atom stereocenters. The van der Waals surface area contributed by atoms with Crippen LogP contribution in [0.15, 0.2) is 23.1 Å². The fraction of sp³-hybridized carbons (Fsp3) is 0.231. The lowest BCUT2D eigenvalue weighted by Gasteiger charge is -2.06. The van der Waals surface area contributed by atoms with Crippen molar-refractivity contribution in [3.63, 3.8) is 0 Å². The quantitative estimate of drug-likeness (QED) is 0.840. The number of benzene rings is 1. The van der Waals surface area contributed by atoms with Crippen molar-refractivity contribution in [3.05, 3.63) is 34.3 Å². The minimum absolute atomic E-state index is 0.0131. The summed E-state index contributed by atoms with van der Waals surface area (Å²) in [5, 5.41) is 3.11. The van der Waals surface area contributed by atoms with Crippen LogP contribution >= 0.6 is 11.3 Å². The van der Waals surface area contributed by atoms with Crippen LogP contribution in [0, 0.1) is 13.8 Å². The molecule has 0 aliphatic heterocycles. The van der Waals surface area contributed by atoms with Gasteiger partial charge in [-0.15, -0.1) is 11.3 Å². The lowest BCUT2D eigenvalue weighted by atomic mass is 10.2. The molecule has 2 aromatic rings. The molecule has 0 fully saturated rings. The second kappa shape index (κ2) is 5.45. The van der Waals surface area contributed by atoms with E-state index in [-0.39, 0.29) is 16.1 Å². The Bertz CT molecular complexity index is 791. The maximum atomic E-state index is 12.2. The summed E-state index contributed by atoms with van der Waals surface area (Å²) in [7, 11) is -3.43. The number of nitrogens with two attached hydrogens (primary N) is 1. The van der Waals surface area contributed by atoms with E-state index in [1.807, 2.05) is 13.8 Å². The largest absolute Gasteiger partial charge is 0.399 e. The number of nitrogens with one attached hydrogen (secondary N) is 1. The van der Waals surface area contributed by atoms with Crippen LogP contribution < -0.4 is 11.1 Å². The average molecular weight is 325 g/mol. The van der Waals surface area contributed by atoms with E-state index in [2.05, 4.69) is 10.3 Å². The fourth-order valence-electron chi connectivity index (χ4n) is 1.66. The minimum atomic E-state index is -3.43. The molecule has 3 N–H and O–H groups in total. The summed E-state index contributed by atoms with van der Waals surface area (Å²) >= 11 is 1.36. The molecule has 1 aromatic heterocycles. The van der Waals surface area contributed by atoms with Crippen LogP contribution in [-0.4, -0.2) is 25.6 Å². The topological polar surface area (TPSA) is 102 Å². The average Bonchev–Trinajstić information content (AvgIpc) is 2.66. The Morgan fingerprint density at radius 2 is 1.95 bits per heavy atom. The van der Waals surface area contributed by atoms with E-state index < -0.39 is 15.7 Å². The van der Waals surface area contributed by atoms with E-state index in [0.717, 1.165) is 16.8 Å². The first-order valence-electron chi connectivity index (χ1n) is 6.03. The Labute approximate surface area is 126 Å². The zero-order valence-electron chi connectivity index (χ0n) is 11.8. The van der Waals surface area contributed by atoms with Gasteiger partial charge in [0.15, 0.2) is 15.0 Å². The molecule has 6 nitrogen and oxygen atoms in total. The molecule has 21 heavy (non-hydrogen) atoms. The molecule has 1 amide bonds. The third-order valence-electron chi connectivity index (χ3n) is 2.87. The highest BCUT2D eigenvalue weighted by molar-refractivity contribution is 7.90. The third kappa shape index (κ3) is 3.59. The summed E-state index contributed by atoms with van der Waals surface area (Å²) in [5.41, 5.74) is 6.90. The first-order chi connectivity index (χ1) is 9.66. The number of carbonyl (C=O) groups is 1. The number of sulfone groups is 1. The number of carbonyl (C=O) groups excluding carboxylic acids is 1. The van der Waals surface area contributed by atoms with Crippen LogP contribution in [0.5, 0.6) is 0 Å². The number of aromatic nitrogens is 1. The van der Waals surface area contributed by atoms with E-state index in [1.54, 1.807) is 0 Å². The summed E-state index contributed by atoms with van der Waals surface area (Å²) < 4.78 is 23.1. The van der Waals surface area contributed by atoms with Gasteiger partial charge in [0.1, 0.15) is 0 Å².